The molecule has 0 saturated heterocycles. The monoisotopic (exact) mass is 313 g/mol. The third-order valence-electron chi connectivity index (χ3n) is 2.39. The van der Waals surface area contributed by atoms with E-state index in [9.17, 15) is 9.59 Å². The number of carboxylic acids is 1. The van der Waals surface area contributed by atoms with Gasteiger partial charge in [0.15, 0.2) is 11.5 Å². The van der Waals surface area contributed by atoms with Crippen LogP contribution in [-0.2, 0) is 9.59 Å². The van der Waals surface area contributed by atoms with Gasteiger partial charge in [0, 0.05) is 6.92 Å². The first-order valence-corrected chi connectivity index (χ1v) is 6.49. The van der Waals surface area contributed by atoms with E-state index in [-0.39, 0.29) is 10.7 Å². The van der Waals surface area contributed by atoms with Gasteiger partial charge in [0.05, 0.1) is 18.7 Å². The topological polar surface area (TPSA) is 84.9 Å². The fourth-order valence-electron chi connectivity index (χ4n) is 1.62. The molecule has 0 bridgehead atoms. The minimum absolute atomic E-state index is 0.259. The molecule has 2 N–H and O–H groups in total. The molecule has 1 amide bonds. The number of benzene rings is 1. The highest BCUT2D eigenvalue weighted by atomic mass is 35.5. The average Bonchev–Trinajstić information content (AvgIpc) is 2.40. The van der Waals surface area contributed by atoms with Crippen LogP contribution in [-0.4, -0.2) is 30.7 Å². The summed E-state index contributed by atoms with van der Waals surface area (Å²) in [6, 6.07) is 3.10. The number of rotatable bonds is 6. The lowest BCUT2D eigenvalue weighted by Gasteiger charge is -2.12. The molecular formula is C14H16ClNO5. The molecule has 0 spiro atoms. The molecule has 21 heavy (non-hydrogen) atoms. The molecule has 0 aliphatic rings. The van der Waals surface area contributed by atoms with E-state index in [2.05, 4.69) is 5.32 Å². The van der Waals surface area contributed by atoms with Gasteiger partial charge in [0.1, 0.15) is 5.70 Å². The molecule has 0 atom stereocenters. The van der Waals surface area contributed by atoms with Crippen molar-refractivity contribution in [1.29, 1.82) is 0 Å². The van der Waals surface area contributed by atoms with Crippen LogP contribution < -0.4 is 14.8 Å². The van der Waals surface area contributed by atoms with Crippen molar-refractivity contribution in [2.45, 2.75) is 13.8 Å². The van der Waals surface area contributed by atoms with Crippen molar-refractivity contribution in [2.24, 2.45) is 0 Å². The number of amides is 1. The van der Waals surface area contributed by atoms with Crippen molar-refractivity contribution in [3.05, 3.63) is 28.4 Å². The van der Waals surface area contributed by atoms with E-state index in [0.29, 0.717) is 23.7 Å². The second-order valence-electron chi connectivity index (χ2n) is 4.01. The first-order valence-electron chi connectivity index (χ1n) is 6.12. The lowest BCUT2D eigenvalue weighted by Crippen LogP contribution is -2.24. The van der Waals surface area contributed by atoms with Crippen LogP contribution in [0.4, 0.5) is 0 Å². The summed E-state index contributed by atoms with van der Waals surface area (Å²) in [6.07, 6.45) is 1.29. The molecule has 7 heteroatoms. The maximum absolute atomic E-state index is 11.1. The van der Waals surface area contributed by atoms with E-state index >= 15 is 0 Å². The zero-order valence-corrected chi connectivity index (χ0v) is 12.7. The van der Waals surface area contributed by atoms with Gasteiger partial charge in [-0.15, -0.1) is 0 Å². The van der Waals surface area contributed by atoms with Crippen molar-refractivity contribution in [2.75, 3.05) is 13.7 Å². The zero-order valence-electron chi connectivity index (χ0n) is 11.9. The third-order valence-corrected chi connectivity index (χ3v) is 2.67. The Balaban J connectivity index is 3.27. The van der Waals surface area contributed by atoms with Crippen LogP contribution >= 0.6 is 11.6 Å². The van der Waals surface area contributed by atoms with Crippen LogP contribution in [0.1, 0.15) is 19.4 Å². The van der Waals surface area contributed by atoms with E-state index in [1.54, 1.807) is 6.07 Å². The van der Waals surface area contributed by atoms with Crippen LogP contribution in [0, 0.1) is 0 Å². The Bertz CT molecular complexity index is 583. The first kappa shape index (κ1) is 16.8. The predicted octanol–water partition coefficient (Wildman–Crippen LogP) is 2.31. The zero-order chi connectivity index (χ0) is 16.0. The molecule has 1 rings (SSSR count). The third kappa shape index (κ3) is 4.68. The fourth-order valence-corrected chi connectivity index (χ4v) is 1.89. The number of carbonyl (C=O) groups excluding carboxylic acids is 1. The molecule has 0 aliphatic heterocycles. The van der Waals surface area contributed by atoms with Crippen molar-refractivity contribution >= 4 is 29.6 Å². The van der Waals surface area contributed by atoms with Crippen LogP contribution in [0.25, 0.3) is 6.08 Å². The summed E-state index contributed by atoms with van der Waals surface area (Å²) in [5.41, 5.74) is 0.205. The van der Waals surface area contributed by atoms with Gasteiger partial charge in [-0.3, -0.25) is 4.79 Å². The van der Waals surface area contributed by atoms with E-state index in [1.807, 2.05) is 6.92 Å². The summed E-state index contributed by atoms with van der Waals surface area (Å²) in [5.74, 6) is -0.972. The van der Waals surface area contributed by atoms with Crippen molar-refractivity contribution in [1.82, 2.24) is 5.32 Å². The number of methoxy groups -OCH3 is 1. The number of ether oxygens (including phenoxy) is 2. The van der Waals surface area contributed by atoms with Crippen LogP contribution in [0.3, 0.4) is 0 Å². The van der Waals surface area contributed by atoms with E-state index in [0.717, 1.165) is 0 Å². The Labute approximate surface area is 127 Å². The normalized spacial score (nSPS) is 11.0. The SMILES string of the molecule is CCOc1c(Cl)cc(/C=C(/NC(C)=O)C(=O)O)cc1OC. The lowest BCUT2D eigenvalue weighted by molar-refractivity contribution is -0.134. The highest BCUT2D eigenvalue weighted by Crippen LogP contribution is 2.36. The highest BCUT2D eigenvalue weighted by Gasteiger charge is 2.13. The Morgan fingerprint density at radius 1 is 1.43 bits per heavy atom. The van der Waals surface area contributed by atoms with Crippen LogP contribution in [0.2, 0.25) is 5.02 Å². The van der Waals surface area contributed by atoms with Gasteiger partial charge in [-0.2, -0.15) is 0 Å². The van der Waals surface area contributed by atoms with E-state index < -0.39 is 11.9 Å². The highest BCUT2D eigenvalue weighted by molar-refractivity contribution is 6.32. The quantitative estimate of drug-likeness (QED) is 0.787. The standard InChI is InChI=1S/C14H16ClNO5/c1-4-21-13-10(15)5-9(7-12(13)20-3)6-11(14(18)19)16-8(2)17/h5-7H,4H2,1-3H3,(H,16,17)(H,18,19)/b11-6+. The van der Waals surface area contributed by atoms with E-state index in [1.165, 1.54) is 26.2 Å². The number of carboxylic acid groups (broad SMARTS) is 1. The van der Waals surface area contributed by atoms with Gasteiger partial charge in [0.2, 0.25) is 5.91 Å². The largest absolute Gasteiger partial charge is 0.493 e. The Kier molecular flexibility index (Phi) is 6.05. The van der Waals surface area contributed by atoms with Gasteiger partial charge in [-0.25, -0.2) is 4.79 Å². The van der Waals surface area contributed by atoms with Gasteiger partial charge >= 0.3 is 5.97 Å². The number of aliphatic carboxylic acids is 1. The smallest absolute Gasteiger partial charge is 0.352 e. The molecule has 0 aromatic heterocycles. The van der Waals surface area contributed by atoms with Crippen molar-refractivity contribution in [3.63, 3.8) is 0 Å². The molecule has 0 saturated carbocycles. The molecule has 0 radical (unpaired) electrons. The summed E-state index contributed by atoms with van der Waals surface area (Å²) in [4.78, 5) is 22.1. The molecule has 6 nitrogen and oxygen atoms in total. The van der Waals surface area contributed by atoms with Crippen LogP contribution in [0.5, 0.6) is 11.5 Å². The Morgan fingerprint density at radius 3 is 2.57 bits per heavy atom. The minimum Gasteiger partial charge on any atom is -0.493 e. The minimum atomic E-state index is -1.26. The summed E-state index contributed by atoms with van der Waals surface area (Å²) in [7, 11) is 1.45. The number of nitrogens with one attached hydrogen (secondary N) is 1. The number of hydrogen-bond acceptors (Lipinski definition) is 4. The summed E-state index contributed by atoms with van der Waals surface area (Å²) in [5, 5.41) is 11.6. The molecule has 0 heterocycles. The summed E-state index contributed by atoms with van der Waals surface area (Å²) < 4.78 is 10.5. The molecule has 0 unspecified atom stereocenters. The predicted molar refractivity (Wildman–Crippen MR) is 78.6 cm³/mol. The second-order valence-corrected chi connectivity index (χ2v) is 4.42. The lowest BCUT2D eigenvalue weighted by atomic mass is 10.1. The fraction of sp³-hybridized carbons (Fsp3) is 0.286. The number of halogens is 1. The van der Waals surface area contributed by atoms with Gasteiger partial charge in [-0.05, 0) is 30.7 Å². The molecule has 1 aromatic carbocycles. The summed E-state index contributed by atoms with van der Waals surface area (Å²) >= 11 is 6.09. The molecular weight excluding hydrogens is 298 g/mol. The number of hydrogen-bond donors (Lipinski definition) is 2. The van der Waals surface area contributed by atoms with Crippen LogP contribution in [0.15, 0.2) is 17.8 Å². The Morgan fingerprint density at radius 2 is 2.10 bits per heavy atom. The molecule has 0 fully saturated rings. The molecule has 0 aliphatic carbocycles. The molecule has 114 valence electrons. The second kappa shape index (κ2) is 7.54. The van der Waals surface area contributed by atoms with Gasteiger partial charge in [0.25, 0.3) is 0 Å². The maximum atomic E-state index is 11.1. The summed E-state index contributed by atoms with van der Waals surface area (Å²) in [6.45, 7) is 3.45. The maximum Gasteiger partial charge on any atom is 0.352 e. The average molecular weight is 314 g/mol. The van der Waals surface area contributed by atoms with Crippen molar-refractivity contribution in [3.8, 4) is 11.5 Å². The van der Waals surface area contributed by atoms with Crippen molar-refractivity contribution < 1.29 is 24.2 Å². The van der Waals surface area contributed by atoms with E-state index in [4.69, 9.17) is 26.2 Å². The van der Waals surface area contributed by atoms with Gasteiger partial charge < -0.3 is 19.9 Å². The number of carbonyl (C=O) groups is 2. The first-order chi connectivity index (χ1) is 9.88. The molecule has 1 aromatic rings. The Hall–Kier alpha value is -2.21. The van der Waals surface area contributed by atoms with Gasteiger partial charge in [-0.1, -0.05) is 11.6 Å².